The van der Waals surface area contributed by atoms with Gasteiger partial charge in [-0.1, -0.05) is 36.4 Å². The summed E-state index contributed by atoms with van der Waals surface area (Å²) in [5.41, 5.74) is 2.11. The van der Waals surface area contributed by atoms with Crippen molar-refractivity contribution in [2.24, 2.45) is 5.92 Å². The number of pyridine rings is 1. The molecule has 0 spiro atoms. The molecule has 0 radical (unpaired) electrons. The van der Waals surface area contributed by atoms with Gasteiger partial charge in [-0.25, -0.2) is 0 Å². The van der Waals surface area contributed by atoms with Gasteiger partial charge in [-0.15, -0.1) is 0 Å². The van der Waals surface area contributed by atoms with Crippen molar-refractivity contribution >= 4 is 5.91 Å². The lowest BCUT2D eigenvalue weighted by Gasteiger charge is -2.31. The Hall–Kier alpha value is -3.18. The monoisotopic (exact) mass is 401 g/mol. The minimum absolute atomic E-state index is 0.0775. The summed E-state index contributed by atoms with van der Waals surface area (Å²) in [4.78, 5) is 19.4. The third-order valence-corrected chi connectivity index (χ3v) is 5.41. The standard InChI is InChI=1S/C25H27N3O2/c29-25(21-12-15-28(16-13-21)19-22-8-4-5-14-26-22)27-18-20-7-6-11-24(17-20)30-23-9-2-1-3-10-23/h1-11,14,17,21H,12-13,15-16,18-19H2,(H,27,29). The van der Waals surface area contributed by atoms with Gasteiger partial charge in [-0.2, -0.15) is 0 Å². The summed E-state index contributed by atoms with van der Waals surface area (Å²) in [5.74, 6) is 1.79. The van der Waals surface area contributed by atoms with Crippen molar-refractivity contribution in [2.45, 2.75) is 25.9 Å². The summed E-state index contributed by atoms with van der Waals surface area (Å²) >= 11 is 0. The number of carbonyl (C=O) groups excluding carboxylic acids is 1. The van der Waals surface area contributed by atoms with Gasteiger partial charge in [0, 0.05) is 25.2 Å². The van der Waals surface area contributed by atoms with E-state index < -0.39 is 0 Å². The zero-order chi connectivity index (χ0) is 20.6. The van der Waals surface area contributed by atoms with Gasteiger partial charge < -0.3 is 10.1 Å². The highest BCUT2D eigenvalue weighted by Crippen LogP contribution is 2.22. The molecule has 30 heavy (non-hydrogen) atoms. The Bertz CT molecular complexity index is 939. The SMILES string of the molecule is O=C(NCc1cccc(Oc2ccccc2)c1)C1CCN(Cc2ccccn2)CC1. The first kappa shape index (κ1) is 20.1. The number of likely N-dealkylation sites (tertiary alicyclic amines) is 1. The van der Waals surface area contributed by atoms with Crippen molar-refractivity contribution in [3.63, 3.8) is 0 Å². The number of benzene rings is 2. The summed E-state index contributed by atoms with van der Waals surface area (Å²) in [5, 5.41) is 3.10. The zero-order valence-electron chi connectivity index (χ0n) is 17.0. The number of aromatic nitrogens is 1. The molecule has 1 aromatic heterocycles. The number of hydrogen-bond acceptors (Lipinski definition) is 4. The number of ether oxygens (including phenoxy) is 1. The van der Waals surface area contributed by atoms with Crippen molar-refractivity contribution < 1.29 is 9.53 Å². The van der Waals surface area contributed by atoms with Gasteiger partial charge in [0.25, 0.3) is 0 Å². The first-order valence-corrected chi connectivity index (χ1v) is 10.5. The van der Waals surface area contributed by atoms with Crippen LogP contribution >= 0.6 is 0 Å². The first-order chi connectivity index (χ1) is 14.8. The fourth-order valence-corrected chi connectivity index (χ4v) is 3.75. The number of para-hydroxylation sites is 1. The Morgan fingerprint density at radius 1 is 0.967 bits per heavy atom. The summed E-state index contributed by atoms with van der Waals surface area (Å²) < 4.78 is 5.88. The largest absolute Gasteiger partial charge is 0.457 e. The second kappa shape index (κ2) is 10.0. The molecule has 1 N–H and O–H groups in total. The summed E-state index contributed by atoms with van der Waals surface area (Å²) in [6, 6.07) is 23.6. The molecule has 1 saturated heterocycles. The summed E-state index contributed by atoms with van der Waals surface area (Å²) in [6.45, 7) is 3.21. The summed E-state index contributed by atoms with van der Waals surface area (Å²) in [6.07, 6.45) is 3.60. The van der Waals surface area contributed by atoms with Crippen LogP contribution in [0.5, 0.6) is 11.5 Å². The summed E-state index contributed by atoms with van der Waals surface area (Å²) in [7, 11) is 0. The van der Waals surface area contributed by atoms with E-state index in [1.165, 1.54) is 0 Å². The van der Waals surface area contributed by atoms with Crippen LogP contribution in [0.1, 0.15) is 24.1 Å². The maximum Gasteiger partial charge on any atom is 0.223 e. The van der Waals surface area contributed by atoms with Crippen LogP contribution < -0.4 is 10.1 Å². The van der Waals surface area contributed by atoms with Crippen LogP contribution in [0.3, 0.4) is 0 Å². The first-order valence-electron chi connectivity index (χ1n) is 10.5. The smallest absolute Gasteiger partial charge is 0.223 e. The maximum absolute atomic E-state index is 12.6. The highest BCUT2D eigenvalue weighted by Gasteiger charge is 2.24. The lowest BCUT2D eigenvalue weighted by molar-refractivity contribution is -0.126. The van der Waals surface area contributed by atoms with Crippen LogP contribution in [0.25, 0.3) is 0 Å². The molecule has 0 saturated carbocycles. The topological polar surface area (TPSA) is 54.5 Å². The molecule has 154 valence electrons. The molecule has 2 heterocycles. The Labute approximate surface area is 177 Å². The molecule has 1 amide bonds. The van der Waals surface area contributed by atoms with Gasteiger partial charge in [0.15, 0.2) is 0 Å². The Balaban J connectivity index is 1.24. The lowest BCUT2D eigenvalue weighted by Crippen LogP contribution is -2.40. The van der Waals surface area contributed by atoms with Crippen LogP contribution in [0, 0.1) is 5.92 Å². The third-order valence-electron chi connectivity index (χ3n) is 5.41. The van der Waals surface area contributed by atoms with Crippen molar-refractivity contribution in [3.8, 4) is 11.5 Å². The molecule has 0 aliphatic carbocycles. The van der Waals surface area contributed by atoms with Crippen molar-refractivity contribution in [3.05, 3.63) is 90.3 Å². The molecule has 1 fully saturated rings. The highest BCUT2D eigenvalue weighted by atomic mass is 16.5. The van der Waals surface area contributed by atoms with Gasteiger partial charge in [0.1, 0.15) is 11.5 Å². The third kappa shape index (κ3) is 5.67. The van der Waals surface area contributed by atoms with Crippen LogP contribution in [-0.4, -0.2) is 28.9 Å². The van der Waals surface area contributed by atoms with Gasteiger partial charge in [0.05, 0.1) is 5.69 Å². The van der Waals surface area contributed by atoms with Crippen molar-refractivity contribution in [1.29, 1.82) is 0 Å². The van der Waals surface area contributed by atoms with Crippen molar-refractivity contribution in [1.82, 2.24) is 15.2 Å². The average molecular weight is 402 g/mol. The van der Waals surface area contributed by atoms with E-state index in [2.05, 4.69) is 21.3 Å². The number of nitrogens with one attached hydrogen (secondary N) is 1. The number of piperidine rings is 1. The fourth-order valence-electron chi connectivity index (χ4n) is 3.75. The molecule has 0 unspecified atom stereocenters. The second-order valence-corrected chi connectivity index (χ2v) is 7.65. The minimum atomic E-state index is 0.0775. The Kier molecular flexibility index (Phi) is 6.72. The molecule has 0 atom stereocenters. The van der Waals surface area contributed by atoms with Gasteiger partial charge in [-0.3, -0.25) is 14.7 Å². The normalized spacial score (nSPS) is 14.9. The van der Waals surface area contributed by atoms with E-state index in [1.54, 1.807) is 0 Å². The fraction of sp³-hybridized carbons (Fsp3) is 0.280. The molecule has 0 bridgehead atoms. The second-order valence-electron chi connectivity index (χ2n) is 7.65. The van der Waals surface area contributed by atoms with E-state index in [0.717, 1.165) is 55.2 Å². The quantitative estimate of drug-likeness (QED) is 0.637. The Morgan fingerprint density at radius 2 is 1.73 bits per heavy atom. The molecule has 2 aromatic carbocycles. The zero-order valence-corrected chi connectivity index (χ0v) is 17.0. The number of rotatable bonds is 7. The number of hydrogen-bond donors (Lipinski definition) is 1. The van der Waals surface area contributed by atoms with E-state index in [1.807, 2.05) is 72.9 Å². The predicted molar refractivity (Wildman–Crippen MR) is 117 cm³/mol. The van der Waals surface area contributed by atoms with E-state index in [9.17, 15) is 4.79 Å². The highest BCUT2D eigenvalue weighted by molar-refractivity contribution is 5.78. The molecular weight excluding hydrogens is 374 g/mol. The molecule has 4 rings (SSSR count). The molecule has 3 aromatic rings. The Morgan fingerprint density at radius 3 is 2.50 bits per heavy atom. The van der Waals surface area contributed by atoms with Crippen LogP contribution in [0.2, 0.25) is 0 Å². The number of nitrogens with zero attached hydrogens (tertiary/aromatic N) is 2. The van der Waals surface area contributed by atoms with Crippen LogP contribution in [-0.2, 0) is 17.9 Å². The van der Waals surface area contributed by atoms with Gasteiger partial charge in [0.2, 0.25) is 5.91 Å². The number of carbonyl (C=O) groups is 1. The molecule has 1 aliphatic rings. The van der Waals surface area contributed by atoms with Crippen LogP contribution in [0.4, 0.5) is 0 Å². The van der Waals surface area contributed by atoms with Gasteiger partial charge in [-0.05, 0) is 67.9 Å². The maximum atomic E-state index is 12.6. The average Bonchev–Trinajstić information content (AvgIpc) is 2.80. The van der Waals surface area contributed by atoms with Crippen molar-refractivity contribution in [2.75, 3.05) is 13.1 Å². The van der Waals surface area contributed by atoms with E-state index in [4.69, 9.17) is 4.74 Å². The molecule has 5 nitrogen and oxygen atoms in total. The number of amides is 1. The minimum Gasteiger partial charge on any atom is -0.457 e. The molecular formula is C25H27N3O2. The van der Waals surface area contributed by atoms with E-state index in [-0.39, 0.29) is 11.8 Å². The van der Waals surface area contributed by atoms with Gasteiger partial charge >= 0.3 is 0 Å². The van der Waals surface area contributed by atoms with E-state index >= 15 is 0 Å². The predicted octanol–water partition coefficient (Wildman–Crippen LogP) is 4.40. The van der Waals surface area contributed by atoms with E-state index in [0.29, 0.717) is 6.54 Å². The lowest BCUT2D eigenvalue weighted by atomic mass is 9.95. The molecule has 1 aliphatic heterocycles. The molecule has 5 heteroatoms. The van der Waals surface area contributed by atoms with Crippen LogP contribution in [0.15, 0.2) is 79.0 Å².